The lowest BCUT2D eigenvalue weighted by atomic mass is 10.1. The molecule has 3 aromatic rings. The van der Waals surface area contributed by atoms with E-state index in [1.165, 1.54) is 12.1 Å². The molecule has 8 heteroatoms. The van der Waals surface area contributed by atoms with Gasteiger partial charge in [0.2, 0.25) is 0 Å². The summed E-state index contributed by atoms with van der Waals surface area (Å²) in [4.78, 5) is 22.3. The zero-order valence-corrected chi connectivity index (χ0v) is 20.3. The van der Waals surface area contributed by atoms with Crippen molar-refractivity contribution in [2.24, 2.45) is 0 Å². The molecule has 0 bridgehead atoms. The highest BCUT2D eigenvalue weighted by atomic mass is 16.6. The number of hydrogen-bond acceptors (Lipinski definition) is 7. The van der Waals surface area contributed by atoms with E-state index in [-0.39, 0.29) is 11.7 Å². The van der Waals surface area contributed by atoms with Gasteiger partial charge in [0.25, 0.3) is 5.69 Å². The van der Waals surface area contributed by atoms with Gasteiger partial charge in [-0.05, 0) is 81.4 Å². The van der Waals surface area contributed by atoms with Gasteiger partial charge in [0.1, 0.15) is 11.6 Å². The fraction of sp³-hybridized carbons (Fsp3) is 0.385. The summed E-state index contributed by atoms with van der Waals surface area (Å²) in [5, 5.41) is 15.3. The van der Waals surface area contributed by atoms with Crippen LogP contribution in [-0.4, -0.2) is 52.6 Å². The van der Waals surface area contributed by atoms with Gasteiger partial charge in [-0.25, -0.2) is 9.97 Å². The third-order valence-electron chi connectivity index (χ3n) is 5.84. The molecule has 0 saturated heterocycles. The van der Waals surface area contributed by atoms with Crippen molar-refractivity contribution in [1.29, 1.82) is 0 Å². The normalized spacial score (nSPS) is 12.4. The Morgan fingerprint density at radius 2 is 1.85 bits per heavy atom. The minimum absolute atomic E-state index is 0.0644. The third kappa shape index (κ3) is 6.74. The Bertz CT molecular complexity index is 1130. The van der Waals surface area contributed by atoms with Crippen molar-refractivity contribution in [3.05, 3.63) is 64.0 Å². The monoisotopic (exact) mass is 463 g/mol. The third-order valence-corrected chi connectivity index (χ3v) is 5.84. The topological polar surface area (TPSA) is 93.4 Å². The predicted molar refractivity (Wildman–Crippen MR) is 138 cm³/mol. The van der Waals surface area contributed by atoms with E-state index in [2.05, 4.69) is 36.0 Å². The summed E-state index contributed by atoms with van der Waals surface area (Å²) in [7, 11) is 1.65. The maximum atomic E-state index is 10.9. The van der Waals surface area contributed by atoms with Crippen LogP contribution in [0.1, 0.15) is 45.0 Å². The number of ether oxygens (including phenoxy) is 1. The first-order chi connectivity index (χ1) is 16.4. The number of fused-ring (bicyclic) bond motifs is 1. The fourth-order valence-corrected chi connectivity index (χ4v) is 3.78. The Kier molecular flexibility index (Phi) is 8.93. The molecule has 1 aromatic heterocycles. The van der Waals surface area contributed by atoms with Crippen LogP contribution < -0.4 is 10.1 Å². The highest BCUT2D eigenvalue weighted by Gasteiger charge is 2.12. The summed E-state index contributed by atoms with van der Waals surface area (Å²) in [6.45, 7) is 9.77. The summed E-state index contributed by atoms with van der Waals surface area (Å²) in [5.41, 5.74) is 1.72. The van der Waals surface area contributed by atoms with E-state index in [1.807, 2.05) is 30.4 Å². The molecule has 0 spiro atoms. The number of methoxy groups -OCH3 is 1. The lowest BCUT2D eigenvalue weighted by molar-refractivity contribution is -0.384. The number of anilines is 1. The van der Waals surface area contributed by atoms with Gasteiger partial charge in [-0.15, -0.1) is 0 Å². The molecular weight excluding hydrogens is 430 g/mol. The SMILES string of the molecule is CCN(CC)CCCC(C)Nc1nc(/C=C/c2ccc([N+](=O)[O-])cc2)nc2ccc(OC)cc12. The molecule has 2 aromatic carbocycles. The molecular formula is C26H33N5O3. The summed E-state index contributed by atoms with van der Waals surface area (Å²) in [6.07, 6.45) is 5.81. The van der Waals surface area contributed by atoms with Crippen molar-refractivity contribution in [3.63, 3.8) is 0 Å². The van der Waals surface area contributed by atoms with E-state index in [4.69, 9.17) is 9.72 Å². The molecule has 0 radical (unpaired) electrons. The van der Waals surface area contributed by atoms with Crippen molar-refractivity contribution in [2.75, 3.05) is 32.1 Å². The Morgan fingerprint density at radius 1 is 1.12 bits per heavy atom. The summed E-state index contributed by atoms with van der Waals surface area (Å²) in [6, 6.07) is 12.4. The van der Waals surface area contributed by atoms with Crippen LogP contribution in [0.15, 0.2) is 42.5 Å². The maximum absolute atomic E-state index is 10.9. The number of nitro benzene ring substituents is 1. The second-order valence-corrected chi connectivity index (χ2v) is 8.21. The standard InChI is InChI=1S/C26H33N5O3/c1-5-30(6-2)17-7-8-19(3)27-26-23-18-22(34-4)14-15-24(23)28-25(29-26)16-11-20-9-12-21(13-10-20)31(32)33/h9-16,18-19H,5-8,17H2,1-4H3,(H,27,28,29)/b16-11+. The fourth-order valence-electron chi connectivity index (χ4n) is 3.78. The van der Waals surface area contributed by atoms with Gasteiger partial charge >= 0.3 is 0 Å². The second kappa shape index (κ2) is 12.1. The molecule has 1 unspecified atom stereocenters. The first-order valence-corrected chi connectivity index (χ1v) is 11.7. The zero-order chi connectivity index (χ0) is 24.5. The van der Waals surface area contributed by atoms with Crippen LogP contribution >= 0.6 is 0 Å². The minimum Gasteiger partial charge on any atom is -0.497 e. The van der Waals surface area contributed by atoms with Gasteiger partial charge < -0.3 is 15.0 Å². The summed E-state index contributed by atoms with van der Waals surface area (Å²) in [5.74, 6) is 2.08. The molecule has 34 heavy (non-hydrogen) atoms. The lowest BCUT2D eigenvalue weighted by Gasteiger charge is -2.20. The number of nitrogens with one attached hydrogen (secondary N) is 1. The van der Waals surface area contributed by atoms with Gasteiger partial charge in [-0.1, -0.05) is 19.9 Å². The van der Waals surface area contributed by atoms with E-state index in [0.717, 1.165) is 60.5 Å². The molecule has 180 valence electrons. The number of non-ortho nitro benzene ring substituents is 1. The Hall–Kier alpha value is -3.52. The molecule has 1 N–H and O–H groups in total. The number of rotatable bonds is 12. The molecule has 0 amide bonds. The molecule has 0 saturated carbocycles. The van der Waals surface area contributed by atoms with Crippen molar-refractivity contribution >= 4 is 34.6 Å². The maximum Gasteiger partial charge on any atom is 0.269 e. The first kappa shape index (κ1) is 25.1. The number of aromatic nitrogens is 2. The van der Waals surface area contributed by atoms with Crippen LogP contribution in [0.2, 0.25) is 0 Å². The van der Waals surface area contributed by atoms with Crippen LogP contribution in [0.5, 0.6) is 5.75 Å². The Balaban J connectivity index is 1.82. The van der Waals surface area contributed by atoms with Crippen molar-refractivity contribution in [2.45, 2.75) is 39.7 Å². The minimum atomic E-state index is -0.407. The van der Waals surface area contributed by atoms with Gasteiger partial charge in [-0.3, -0.25) is 10.1 Å². The van der Waals surface area contributed by atoms with Crippen LogP contribution in [0.3, 0.4) is 0 Å². The van der Waals surface area contributed by atoms with Crippen LogP contribution in [-0.2, 0) is 0 Å². The van der Waals surface area contributed by atoms with Crippen molar-refractivity contribution in [1.82, 2.24) is 14.9 Å². The van der Waals surface area contributed by atoms with E-state index < -0.39 is 4.92 Å². The summed E-state index contributed by atoms with van der Waals surface area (Å²) < 4.78 is 5.41. The molecule has 0 aliphatic heterocycles. The molecule has 0 aliphatic carbocycles. The summed E-state index contributed by atoms with van der Waals surface area (Å²) >= 11 is 0. The smallest absolute Gasteiger partial charge is 0.269 e. The van der Waals surface area contributed by atoms with Crippen LogP contribution in [0.4, 0.5) is 11.5 Å². The Labute approximate surface area is 200 Å². The Morgan fingerprint density at radius 3 is 2.50 bits per heavy atom. The van der Waals surface area contributed by atoms with Gasteiger partial charge in [0, 0.05) is 23.6 Å². The highest BCUT2D eigenvalue weighted by Crippen LogP contribution is 2.27. The molecule has 0 fully saturated rings. The lowest BCUT2D eigenvalue weighted by Crippen LogP contribution is -2.25. The molecule has 8 nitrogen and oxygen atoms in total. The van der Waals surface area contributed by atoms with Crippen LogP contribution in [0.25, 0.3) is 23.1 Å². The molecule has 1 atom stereocenters. The zero-order valence-electron chi connectivity index (χ0n) is 20.3. The van der Waals surface area contributed by atoms with E-state index in [0.29, 0.717) is 5.82 Å². The molecule has 3 rings (SSSR count). The van der Waals surface area contributed by atoms with E-state index in [9.17, 15) is 10.1 Å². The van der Waals surface area contributed by atoms with Crippen LogP contribution in [0, 0.1) is 10.1 Å². The number of benzene rings is 2. The quantitative estimate of drug-likeness (QED) is 0.274. The number of nitrogens with zero attached hydrogens (tertiary/aromatic N) is 4. The number of hydrogen-bond donors (Lipinski definition) is 1. The second-order valence-electron chi connectivity index (χ2n) is 8.21. The molecule has 0 aliphatic rings. The largest absolute Gasteiger partial charge is 0.497 e. The van der Waals surface area contributed by atoms with Gasteiger partial charge in [0.05, 0.1) is 17.5 Å². The number of nitro groups is 1. The van der Waals surface area contributed by atoms with E-state index >= 15 is 0 Å². The molecule has 1 heterocycles. The van der Waals surface area contributed by atoms with E-state index in [1.54, 1.807) is 19.2 Å². The van der Waals surface area contributed by atoms with Gasteiger partial charge in [0.15, 0.2) is 5.82 Å². The average molecular weight is 464 g/mol. The predicted octanol–water partition coefficient (Wildman–Crippen LogP) is 5.64. The highest BCUT2D eigenvalue weighted by molar-refractivity contribution is 5.91. The van der Waals surface area contributed by atoms with Gasteiger partial charge in [-0.2, -0.15) is 0 Å². The average Bonchev–Trinajstić information content (AvgIpc) is 2.85. The van der Waals surface area contributed by atoms with Crippen molar-refractivity contribution < 1.29 is 9.66 Å². The van der Waals surface area contributed by atoms with Crippen molar-refractivity contribution in [3.8, 4) is 5.75 Å². The first-order valence-electron chi connectivity index (χ1n) is 11.7.